The number of hydrogen-bond donors (Lipinski definition) is 1. The van der Waals surface area contributed by atoms with Crippen molar-refractivity contribution in [2.75, 3.05) is 126 Å². The molecule has 0 radical (unpaired) electrons. The molecular weight excluding hydrogens is 1610 g/mol. The first-order valence-corrected chi connectivity index (χ1v) is 43.7. The van der Waals surface area contributed by atoms with Gasteiger partial charge in [0.15, 0.2) is 0 Å². The number of esters is 12. The second kappa shape index (κ2) is 90.9. The van der Waals surface area contributed by atoms with E-state index in [1.165, 1.54) is 6.92 Å². The molecule has 0 fully saturated rings. The molecule has 720 valence electrons. The fourth-order valence-corrected chi connectivity index (χ4v) is 9.00. The molecule has 0 spiro atoms. The topological polar surface area (TPSA) is 391 Å². The van der Waals surface area contributed by atoms with Crippen molar-refractivity contribution >= 4 is 71.6 Å². The molecular formula is C93H162O31. The number of aliphatic hydroxyl groups is 1. The van der Waals surface area contributed by atoms with E-state index in [1.807, 2.05) is 34.6 Å². The molecule has 0 aromatic rings. The first-order chi connectivity index (χ1) is 58.5. The highest BCUT2D eigenvalue weighted by Crippen LogP contribution is 2.12. The lowest BCUT2D eigenvalue weighted by molar-refractivity contribution is -0.150. The molecule has 0 aromatic carbocycles. The number of unbranched alkanes of at least 4 members (excludes halogenated alkanes) is 15. The number of allylic oxidation sites excluding steroid dienone is 1. The van der Waals surface area contributed by atoms with Crippen LogP contribution in [0.3, 0.4) is 0 Å². The number of aliphatic hydroxyl groups excluding tert-OH is 1. The summed E-state index contributed by atoms with van der Waals surface area (Å²) in [5, 5.41) is 8.73. The van der Waals surface area contributed by atoms with Crippen LogP contribution in [0.1, 0.15) is 291 Å². The molecule has 0 rings (SSSR count). The maximum atomic E-state index is 11.7. The number of carbonyl (C=O) groups is 12. The van der Waals surface area contributed by atoms with E-state index < -0.39 is 35.8 Å². The van der Waals surface area contributed by atoms with Gasteiger partial charge < -0.3 is 90.4 Å². The number of rotatable bonds is 73. The lowest BCUT2D eigenvalue weighted by atomic mass is 10.1. The van der Waals surface area contributed by atoms with Crippen molar-refractivity contribution in [3.05, 3.63) is 73.6 Å². The normalized spacial score (nSPS) is 11.6. The van der Waals surface area contributed by atoms with Gasteiger partial charge in [-0.05, 0) is 145 Å². The minimum Gasteiger partial charge on any atom is -0.513 e. The summed E-state index contributed by atoms with van der Waals surface area (Å²) in [5.74, 6) is -3.84. The van der Waals surface area contributed by atoms with E-state index >= 15 is 0 Å². The third-order valence-corrected chi connectivity index (χ3v) is 16.1. The van der Waals surface area contributed by atoms with Crippen molar-refractivity contribution in [2.45, 2.75) is 321 Å². The fourth-order valence-electron chi connectivity index (χ4n) is 9.00. The van der Waals surface area contributed by atoms with Crippen LogP contribution in [-0.2, 0) is 143 Å². The molecule has 5 unspecified atom stereocenters. The van der Waals surface area contributed by atoms with Gasteiger partial charge in [-0.25, -0.2) is 24.0 Å². The molecule has 0 aromatic heterocycles. The van der Waals surface area contributed by atoms with E-state index in [2.05, 4.69) is 78.8 Å². The van der Waals surface area contributed by atoms with Crippen molar-refractivity contribution in [3.8, 4) is 0 Å². The molecule has 0 aliphatic carbocycles. The van der Waals surface area contributed by atoms with Gasteiger partial charge >= 0.3 is 71.6 Å². The zero-order valence-corrected chi connectivity index (χ0v) is 77.4. The van der Waals surface area contributed by atoms with Gasteiger partial charge in [0.2, 0.25) is 0 Å². The lowest BCUT2D eigenvalue weighted by Crippen LogP contribution is -2.29. The van der Waals surface area contributed by atoms with Gasteiger partial charge in [-0.15, -0.1) is 0 Å². The minimum atomic E-state index is -0.536. The Kier molecular flexibility index (Phi) is 92.7. The summed E-state index contributed by atoms with van der Waals surface area (Å²) in [6.07, 6.45) is 22.8. The van der Waals surface area contributed by atoms with Crippen LogP contribution in [0.5, 0.6) is 0 Å². The molecule has 1 N–H and O–H groups in total. The fraction of sp³-hybridized carbons (Fsp3) is 0.742. The molecule has 0 bridgehead atoms. The lowest BCUT2D eigenvalue weighted by Gasteiger charge is -2.22. The Morgan fingerprint density at radius 2 is 0.484 bits per heavy atom. The quantitative estimate of drug-likeness (QED) is 0.0194. The molecule has 0 aliphatic heterocycles. The van der Waals surface area contributed by atoms with Gasteiger partial charge in [-0.1, -0.05) is 139 Å². The van der Waals surface area contributed by atoms with Crippen molar-refractivity contribution < 1.29 is 148 Å². The van der Waals surface area contributed by atoms with Gasteiger partial charge in [0.05, 0.1) is 102 Å². The highest BCUT2D eigenvalue weighted by molar-refractivity contribution is 5.88. The zero-order valence-electron chi connectivity index (χ0n) is 77.4. The molecule has 0 amide bonds. The molecule has 5 atom stereocenters. The summed E-state index contributed by atoms with van der Waals surface area (Å²) in [5.41, 5.74) is 1.31. The first-order valence-electron chi connectivity index (χ1n) is 43.7. The SMILES string of the molecule is C.C=C(C)C(=O)OCCOC(=O)CCCCCC.C=C(C)C(=O)OCCOC(=O)CCCCCOC(=O)CCCCCOC(=O)CCCCCC.C=C(C)C(=O)OCCOCC(C)OCC(C)OCC(C)OCC(C)OCC(C)OCC(C)C.C=C(O)CCC(=O)OCCOC(=O)C(=C)C.C=CC(=O)OCCOC(=O)CCCCCOC(=O)CCCCCC. The van der Waals surface area contributed by atoms with Crippen LogP contribution in [0.15, 0.2) is 73.6 Å². The summed E-state index contributed by atoms with van der Waals surface area (Å²) in [6.45, 7) is 52.2. The van der Waals surface area contributed by atoms with Gasteiger partial charge in [-0.3, -0.25) is 33.6 Å². The Morgan fingerprint density at radius 3 is 0.726 bits per heavy atom. The smallest absolute Gasteiger partial charge is 0.333 e. The Labute approximate surface area is 742 Å². The maximum Gasteiger partial charge on any atom is 0.333 e. The number of carbonyl (C=O) groups excluding carboxylic acids is 12. The summed E-state index contributed by atoms with van der Waals surface area (Å²) in [7, 11) is 0. The van der Waals surface area contributed by atoms with Crippen molar-refractivity contribution in [2.24, 2.45) is 5.92 Å². The van der Waals surface area contributed by atoms with E-state index in [9.17, 15) is 57.5 Å². The molecule has 124 heavy (non-hydrogen) atoms. The van der Waals surface area contributed by atoms with Crippen LogP contribution in [-0.4, -0.2) is 233 Å². The predicted octanol–water partition coefficient (Wildman–Crippen LogP) is 16.7. The average molecular weight is 1780 g/mol. The second-order valence-corrected chi connectivity index (χ2v) is 29.7. The van der Waals surface area contributed by atoms with Crippen LogP contribution >= 0.6 is 0 Å². The molecule has 31 nitrogen and oxygen atoms in total. The summed E-state index contributed by atoms with van der Waals surface area (Å²) < 4.78 is 93.3. The van der Waals surface area contributed by atoms with Crippen molar-refractivity contribution in [1.82, 2.24) is 0 Å². The second-order valence-electron chi connectivity index (χ2n) is 29.7. The molecule has 0 saturated heterocycles. The largest absolute Gasteiger partial charge is 0.513 e. The molecule has 0 aliphatic rings. The van der Waals surface area contributed by atoms with Crippen LogP contribution < -0.4 is 0 Å². The average Bonchev–Trinajstić information content (AvgIpc) is 0.959. The monoisotopic (exact) mass is 1780 g/mol. The van der Waals surface area contributed by atoms with Crippen molar-refractivity contribution in [1.29, 1.82) is 0 Å². The van der Waals surface area contributed by atoms with E-state index in [4.69, 9.17) is 85.6 Å². The minimum absolute atomic E-state index is 0. The highest BCUT2D eigenvalue weighted by atomic mass is 16.6. The first kappa shape index (κ1) is 126. The Morgan fingerprint density at radius 1 is 0.266 bits per heavy atom. The molecule has 0 heterocycles. The predicted molar refractivity (Wildman–Crippen MR) is 473 cm³/mol. The van der Waals surface area contributed by atoms with E-state index in [0.717, 1.165) is 122 Å². The van der Waals surface area contributed by atoms with Gasteiger partial charge in [0.1, 0.15) is 59.5 Å². The summed E-state index contributed by atoms with van der Waals surface area (Å²) in [6, 6.07) is 0. The van der Waals surface area contributed by atoms with Crippen LogP contribution in [0.4, 0.5) is 0 Å². The van der Waals surface area contributed by atoms with Gasteiger partial charge in [0, 0.05) is 79.9 Å². The molecule has 0 saturated carbocycles. The number of hydrogen-bond acceptors (Lipinski definition) is 31. The summed E-state index contributed by atoms with van der Waals surface area (Å²) >= 11 is 0. The van der Waals surface area contributed by atoms with E-state index in [0.29, 0.717) is 145 Å². The third-order valence-electron chi connectivity index (χ3n) is 16.1. The summed E-state index contributed by atoms with van der Waals surface area (Å²) in [4.78, 5) is 135. The molecule has 31 heteroatoms. The van der Waals surface area contributed by atoms with Crippen LogP contribution in [0.2, 0.25) is 0 Å². The Balaban J connectivity index is -0.000000360. The Bertz CT molecular complexity index is 2890. The third kappa shape index (κ3) is 99.1. The maximum absolute atomic E-state index is 11.7. The van der Waals surface area contributed by atoms with E-state index in [-0.39, 0.29) is 158 Å². The standard InChI is InChI=1S/C25H48O8.C25H42O8.C18H30O6.C13H22O4.C11H16O5.CH4/c1-18(2)12-29-21(6)14-31-23(8)16-33-24(9)17-32-22(7)15-30-20(5)13-27-10-11-28-25(26)19(3)4;1-4-5-6-9-14-22(26)30-17-12-7-10-15-23(27)31-18-13-8-11-16-24(28)32-19-20-33-25(29)21(2)3;1-3-5-6-8-11-17(20)22-13-10-7-9-12-18(21)24-15-14-23-16(19)4-2;1-4-5-6-7-8-12(14)16-9-10-17-13(15)11(2)3;1-8(2)11(14)16-7-6-15-10(13)5-4-9(3)12;/h18,20-24H,3,10-17H2,1-2,4-9H3;2,4-20H2,1,3H3;4H,2-3,5-15H2,1H3;2,4-10H2,1,3H3;12H,1,3-7H2,2H3;1H4. The Hall–Kier alpha value is -8.36. The van der Waals surface area contributed by atoms with Gasteiger partial charge in [0.25, 0.3) is 0 Å². The zero-order chi connectivity index (χ0) is 93.7. The van der Waals surface area contributed by atoms with Crippen molar-refractivity contribution in [3.63, 3.8) is 0 Å². The highest BCUT2D eigenvalue weighted by Gasteiger charge is 2.17. The van der Waals surface area contributed by atoms with E-state index in [1.54, 1.807) is 20.8 Å². The van der Waals surface area contributed by atoms with Gasteiger partial charge in [-0.2, -0.15) is 0 Å². The number of ether oxygens (including phenoxy) is 18. The van der Waals surface area contributed by atoms with Crippen LogP contribution in [0.25, 0.3) is 0 Å². The van der Waals surface area contributed by atoms with Crippen LogP contribution in [0, 0.1) is 5.92 Å².